The van der Waals surface area contributed by atoms with Crippen molar-refractivity contribution in [1.29, 1.82) is 0 Å². The summed E-state index contributed by atoms with van der Waals surface area (Å²) in [4.78, 5) is 26.5. The minimum absolute atomic E-state index is 0.0562. The van der Waals surface area contributed by atoms with Crippen LogP contribution < -0.4 is 0 Å². The van der Waals surface area contributed by atoms with Gasteiger partial charge < -0.3 is 9.64 Å². The molecule has 0 unspecified atom stereocenters. The SMILES string of the molecule is O=C1O[C@@H]2C[C@@H]3C[C@@H]2[C@H]1[C@H]3C(=O)N1CCCCC1. The van der Waals surface area contributed by atoms with Gasteiger partial charge in [0.1, 0.15) is 6.10 Å². The van der Waals surface area contributed by atoms with Crippen LogP contribution in [0.15, 0.2) is 0 Å². The molecule has 0 aromatic heterocycles. The molecule has 4 nitrogen and oxygen atoms in total. The van der Waals surface area contributed by atoms with Gasteiger partial charge in [0.25, 0.3) is 0 Å². The summed E-state index contributed by atoms with van der Waals surface area (Å²) in [7, 11) is 0. The van der Waals surface area contributed by atoms with Gasteiger partial charge in [-0.2, -0.15) is 0 Å². The summed E-state index contributed by atoms with van der Waals surface area (Å²) in [6.07, 6.45) is 5.56. The Morgan fingerprint density at radius 2 is 1.94 bits per heavy atom. The van der Waals surface area contributed by atoms with Crippen molar-refractivity contribution >= 4 is 11.9 Å². The minimum atomic E-state index is -0.108. The molecular formula is C14H19NO3. The van der Waals surface area contributed by atoms with E-state index in [1.165, 1.54) is 6.42 Å². The highest BCUT2D eigenvalue weighted by Crippen LogP contribution is 2.58. The average molecular weight is 249 g/mol. The van der Waals surface area contributed by atoms with E-state index in [4.69, 9.17) is 4.74 Å². The fourth-order valence-electron chi connectivity index (χ4n) is 4.67. The normalized spacial score (nSPS) is 45.4. The lowest BCUT2D eigenvalue weighted by Gasteiger charge is -2.33. The van der Waals surface area contributed by atoms with Crippen LogP contribution in [0.4, 0.5) is 0 Å². The van der Waals surface area contributed by atoms with E-state index in [1.54, 1.807) is 0 Å². The summed E-state index contributed by atoms with van der Waals surface area (Å²) in [5.74, 6) is 0.736. The highest BCUT2D eigenvalue weighted by molar-refractivity contribution is 5.88. The molecule has 2 aliphatic heterocycles. The number of carbonyl (C=O) groups is 2. The first-order valence-electron chi connectivity index (χ1n) is 7.25. The number of fused-ring (bicyclic) bond motifs is 1. The number of rotatable bonds is 1. The van der Waals surface area contributed by atoms with Crippen LogP contribution >= 0.6 is 0 Å². The topological polar surface area (TPSA) is 46.6 Å². The molecule has 0 aromatic carbocycles. The average Bonchev–Trinajstić information content (AvgIpc) is 3.00. The zero-order valence-electron chi connectivity index (χ0n) is 10.5. The Bertz CT molecular complexity index is 400. The zero-order valence-corrected chi connectivity index (χ0v) is 10.5. The van der Waals surface area contributed by atoms with E-state index in [0.717, 1.165) is 38.8 Å². The first kappa shape index (κ1) is 10.8. The Morgan fingerprint density at radius 1 is 1.17 bits per heavy atom. The molecule has 2 saturated heterocycles. The van der Waals surface area contributed by atoms with Crippen molar-refractivity contribution in [3.63, 3.8) is 0 Å². The summed E-state index contributed by atoms with van der Waals surface area (Å²) in [5.41, 5.74) is 0. The van der Waals surface area contributed by atoms with Gasteiger partial charge in [0.2, 0.25) is 5.91 Å². The Balaban J connectivity index is 1.57. The molecule has 4 heteroatoms. The molecule has 0 spiro atoms. The molecule has 5 atom stereocenters. The van der Waals surface area contributed by atoms with Crippen molar-refractivity contribution < 1.29 is 14.3 Å². The van der Waals surface area contributed by atoms with Crippen LogP contribution in [0.25, 0.3) is 0 Å². The predicted octanol–water partition coefficient (Wildman–Crippen LogP) is 1.20. The number of likely N-dealkylation sites (tertiary alicyclic amines) is 1. The highest BCUT2D eigenvalue weighted by Gasteiger charge is 2.64. The second-order valence-electron chi connectivity index (χ2n) is 6.31. The third-order valence-corrected chi connectivity index (χ3v) is 5.44. The molecule has 2 bridgehead atoms. The molecule has 2 saturated carbocycles. The van der Waals surface area contributed by atoms with Gasteiger partial charge >= 0.3 is 5.97 Å². The fraction of sp³-hybridized carbons (Fsp3) is 0.857. The number of esters is 1. The fourth-order valence-corrected chi connectivity index (χ4v) is 4.67. The number of piperidine rings is 1. The van der Waals surface area contributed by atoms with Crippen molar-refractivity contribution in [3.05, 3.63) is 0 Å². The van der Waals surface area contributed by atoms with Gasteiger partial charge in [-0.05, 0) is 38.0 Å². The molecule has 0 radical (unpaired) electrons. The summed E-state index contributed by atoms with van der Waals surface area (Å²) in [6.45, 7) is 1.77. The van der Waals surface area contributed by atoms with Crippen LogP contribution in [0.5, 0.6) is 0 Å². The maximum atomic E-state index is 12.6. The van der Waals surface area contributed by atoms with Crippen LogP contribution in [-0.4, -0.2) is 36.0 Å². The molecule has 4 fully saturated rings. The molecule has 4 rings (SSSR count). The summed E-state index contributed by atoms with van der Waals surface area (Å²) in [6, 6.07) is 0. The highest BCUT2D eigenvalue weighted by atomic mass is 16.6. The van der Waals surface area contributed by atoms with Crippen molar-refractivity contribution in [2.75, 3.05) is 13.1 Å². The maximum absolute atomic E-state index is 12.6. The lowest BCUT2D eigenvalue weighted by atomic mass is 9.79. The summed E-state index contributed by atoms with van der Waals surface area (Å²) in [5, 5.41) is 0. The van der Waals surface area contributed by atoms with Crippen LogP contribution in [-0.2, 0) is 14.3 Å². The van der Waals surface area contributed by atoms with Crippen molar-refractivity contribution in [2.45, 2.75) is 38.2 Å². The standard InChI is InChI=1S/C14H19NO3/c16-13(15-4-2-1-3-5-15)11-8-6-9-10(7-8)18-14(17)12(9)11/h8-12H,1-7H2/t8-,9-,10+,11-,12-/m0/s1. The number of carbonyl (C=O) groups excluding carboxylic acids is 2. The first-order valence-corrected chi connectivity index (χ1v) is 7.25. The van der Waals surface area contributed by atoms with E-state index < -0.39 is 0 Å². The Hall–Kier alpha value is -1.06. The van der Waals surface area contributed by atoms with Gasteiger partial charge in [-0.1, -0.05) is 0 Å². The molecular weight excluding hydrogens is 230 g/mol. The molecule has 0 N–H and O–H groups in total. The van der Waals surface area contributed by atoms with Crippen LogP contribution in [0.1, 0.15) is 32.1 Å². The van der Waals surface area contributed by atoms with E-state index in [-0.39, 0.29) is 29.8 Å². The number of nitrogens with zero attached hydrogens (tertiary/aromatic N) is 1. The molecule has 98 valence electrons. The second-order valence-corrected chi connectivity index (χ2v) is 6.31. The first-order chi connectivity index (χ1) is 8.75. The van der Waals surface area contributed by atoms with Crippen LogP contribution in [0, 0.1) is 23.7 Å². The second kappa shape index (κ2) is 3.72. The zero-order chi connectivity index (χ0) is 12.3. The van der Waals surface area contributed by atoms with E-state index in [1.807, 2.05) is 4.90 Å². The Kier molecular flexibility index (Phi) is 2.24. The maximum Gasteiger partial charge on any atom is 0.310 e. The lowest BCUT2D eigenvalue weighted by molar-refractivity contribution is -0.148. The quantitative estimate of drug-likeness (QED) is 0.656. The van der Waals surface area contributed by atoms with Crippen molar-refractivity contribution in [3.8, 4) is 0 Å². The predicted molar refractivity (Wildman–Crippen MR) is 63.5 cm³/mol. The van der Waals surface area contributed by atoms with E-state index in [9.17, 15) is 9.59 Å². The summed E-state index contributed by atoms with van der Waals surface area (Å²) >= 11 is 0. The monoisotopic (exact) mass is 249 g/mol. The summed E-state index contributed by atoms with van der Waals surface area (Å²) < 4.78 is 5.40. The van der Waals surface area contributed by atoms with E-state index >= 15 is 0 Å². The number of ether oxygens (including phenoxy) is 1. The largest absolute Gasteiger partial charge is 0.462 e. The minimum Gasteiger partial charge on any atom is -0.462 e. The number of hydrogen-bond donors (Lipinski definition) is 0. The molecule has 1 amide bonds. The van der Waals surface area contributed by atoms with E-state index in [0.29, 0.717) is 11.8 Å². The molecule has 4 aliphatic rings. The molecule has 2 heterocycles. The third kappa shape index (κ3) is 1.32. The number of hydrogen-bond acceptors (Lipinski definition) is 3. The van der Waals surface area contributed by atoms with E-state index in [2.05, 4.69) is 0 Å². The van der Waals surface area contributed by atoms with Crippen molar-refractivity contribution in [1.82, 2.24) is 4.90 Å². The Labute approximate surface area is 107 Å². The number of amides is 1. The smallest absolute Gasteiger partial charge is 0.310 e. The molecule has 2 aliphatic carbocycles. The molecule has 18 heavy (non-hydrogen) atoms. The Morgan fingerprint density at radius 3 is 2.72 bits per heavy atom. The third-order valence-electron chi connectivity index (χ3n) is 5.44. The van der Waals surface area contributed by atoms with Gasteiger partial charge in [-0.25, -0.2) is 0 Å². The van der Waals surface area contributed by atoms with Gasteiger partial charge in [-0.15, -0.1) is 0 Å². The van der Waals surface area contributed by atoms with Crippen LogP contribution in [0.3, 0.4) is 0 Å². The van der Waals surface area contributed by atoms with Gasteiger partial charge in [0.05, 0.1) is 11.8 Å². The van der Waals surface area contributed by atoms with Gasteiger partial charge in [-0.3, -0.25) is 9.59 Å². The van der Waals surface area contributed by atoms with Crippen LogP contribution in [0.2, 0.25) is 0 Å². The van der Waals surface area contributed by atoms with Gasteiger partial charge in [0, 0.05) is 19.0 Å². The van der Waals surface area contributed by atoms with Crippen molar-refractivity contribution in [2.24, 2.45) is 23.7 Å². The van der Waals surface area contributed by atoms with Gasteiger partial charge in [0.15, 0.2) is 0 Å². The lowest BCUT2D eigenvalue weighted by Crippen LogP contribution is -2.44. The molecule has 0 aromatic rings.